The highest BCUT2D eigenvalue weighted by molar-refractivity contribution is 7.97. The zero-order chi connectivity index (χ0) is 12.3. The van der Waals surface area contributed by atoms with E-state index in [4.69, 9.17) is 9.26 Å². The Morgan fingerprint density at radius 2 is 2.29 bits per heavy atom. The van der Waals surface area contributed by atoms with Gasteiger partial charge in [-0.25, -0.2) is 0 Å². The van der Waals surface area contributed by atoms with Crippen molar-refractivity contribution < 1.29 is 14.4 Å². The van der Waals surface area contributed by atoms with E-state index in [9.17, 15) is 5.11 Å². The SMILES string of the molecule is COc1cc(-c2nc(CSC)no2)ccc1O. The zero-order valence-electron chi connectivity index (χ0n) is 9.51. The molecule has 0 fully saturated rings. The fraction of sp³-hybridized carbons (Fsp3) is 0.273. The molecule has 0 atom stereocenters. The molecule has 0 spiro atoms. The van der Waals surface area contributed by atoms with Gasteiger partial charge in [-0.1, -0.05) is 5.16 Å². The molecule has 1 aromatic carbocycles. The van der Waals surface area contributed by atoms with E-state index < -0.39 is 0 Å². The molecule has 17 heavy (non-hydrogen) atoms. The van der Waals surface area contributed by atoms with Crippen LogP contribution < -0.4 is 4.74 Å². The van der Waals surface area contributed by atoms with Crippen LogP contribution in [-0.2, 0) is 5.75 Å². The van der Waals surface area contributed by atoms with Gasteiger partial charge in [0, 0.05) is 5.56 Å². The van der Waals surface area contributed by atoms with Crippen LogP contribution in [0.2, 0.25) is 0 Å². The molecule has 5 nitrogen and oxygen atoms in total. The summed E-state index contributed by atoms with van der Waals surface area (Å²) in [5.41, 5.74) is 0.722. The molecular formula is C11H12N2O3S. The lowest BCUT2D eigenvalue weighted by Crippen LogP contribution is -1.86. The van der Waals surface area contributed by atoms with Gasteiger partial charge < -0.3 is 14.4 Å². The molecule has 90 valence electrons. The van der Waals surface area contributed by atoms with Gasteiger partial charge in [0.25, 0.3) is 5.89 Å². The number of phenolic OH excluding ortho intramolecular Hbond substituents is 1. The molecule has 1 heterocycles. The predicted molar refractivity (Wildman–Crippen MR) is 65.2 cm³/mol. The highest BCUT2D eigenvalue weighted by Crippen LogP contribution is 2.30. The molecule has 1 N–H and O–H groups in total. The van der Waals surface area contributed by atoms with Gasteiger partial charge in [-0.3, -0.25) is 0 Å². The van der Waals surface area contributed by atoms with E-state index in [2.05, 4.69) is 10.1 Å². The van der Waals surface area contributed by atoms with Gasteiger partial charge in [-0.15, -0.1) is 0 Å². The van der Waals surface area contributed by atoms with Gasteiger partial charge in [0.15, 0.2) is 17.3 Å². The molecule has 2 rings (SSSR count). The summed E-state index contributed by atoms with van der Waals surface area (Å²) in [6.45, 7) is 0. The second-order valence-electron chi connectivity index (χ2n) is 3.34. The quantitative estimate of drug-likeness (QED) is 0.900. The summed E-state index contributed by atoms with van der Waals surface area (Å²) in [7, 11) is 1.49. The van der Waals surface area contributed by atoms with Crippen molar-refractivity contribution in [2.24, 2.45) is 0 Å². The Balaban J connectivity index is 2.32. The van der Waals surface area contributed by atoms with Crippen LogP contribution in [0.25, 0.3) is 11.5 Å². The van der Waals surface area contributed by atoms with Gasteiger partial charge in [-0.05, 0) is 24.5 Å². The van der Waals surface area contributed by atoms with E-state index in [1.54, 1.807) is 23.9 Å². The summed E-state index contributed by atoms with van der Waals surface area (Å²) >= 11 is 1.62. The topological polar surface area (TPSA) is 68.4 Å². The Kier molecular flexibility index (Phi) is 3.53. The summed E-state index contributed by atoms with van der Waals surface area (Å²) < 4.78 is 10.1. The second-order valence-corrected chi connectivity index (χ2v) is 4.20. The third kappa shape index (κ3) is 2.52. The van der Waals surface area contributed by atoms with Gasteiger partial charge in [-0.2, -0.15) is 16.7 Å². The van der Waals surface area contributed by atoms with Crippen molar-refractivity contribution in [2.45, 2.75) is 5.75 Å². The molecule has 0 saturated carbocycles. The summed E-state index contributed by atoms with van der Waals surface area (Å²) in [4.78, 5) is 4.24. The highest BCUT2D eigenvalue weighted by atomic mass is 32.2. The normalized spacial score (nSPS) is 10.5. The first-order chi connectivity index (χ1) is 8.24. The number of rotatable bonds is 4. The van der Waals surface area contributed by atoms with Crippen molar-refractivity contribution in [1.29, 1.82) is 0 Å². The lowest BCUT2D eigenvalue weighted by Gasteiger charge is -2.03. The molecule has 0 aliphatic heterocycles. The minimum absolute atomic E-state index is 0.0834. The van der Waals surface area contributed by atoms with Crippen molar-refractivity contribution in [3.8, 4) is 23.0 Å². The molecule has 0 aliphatic carbocycles. The summed E-state index contributed by atoms with van der Waals surface area (Å²) in [6.07, 6.45) is 1.97. The average molecular weight is 252 g/mol. The molecule has 0 bridgehead atoms. The maximum atomic E-state index is 9.48. The van der Waals surface area contributed by atoms with E-state index in [1.165, 1.54) is 13.2 Å². The van der Waals surface area contributed by atoms with Crippen LogP contribution in [0.4, 0.5) is 0 Å². The van der Waals surface area contributed by atoms with Crippen molar-refractivity contribution in [2.75, 3.05) is 13.4 Å². The number of aromatic hydroxyl groups is 1. The Morgan fingerprint density at radius 3 is 3.00 bits per heavy atom. The fourth-order valence-electron chi connectivity index (χ4n) is 1.37. The lowest BCUT2D eigenvalue weighted by atomic mass is 10.2. The Bertz CT molecular complexity index is 513. The second kappa shape index (κ2) is 5.09. The first kappa shape index (κ1) is 11.8. The number of methoxy groups -OCH3 is 1. The lowest BCUT2D eigenvalue weighted by molar-refractivity contribution is 0.373. The van der Waals surface area contributed by atoms with E-state index in [-0.39, 0.29) is 5.75 Å². The molecule has 2 aromatic rings. The molecule has 0 aliphatic rings. The maximum absolute atomic E-state index is 9.48. The number of hydrogen-bond acceptors (Lipinski definition) is 6. The number of hydrogen-bond donors (Lipinski definition) is 1. The van der Waals surface area contributed by atoms with Crippen molar-refractivity contribution in [3.05, 3.63) is 24.0 Å². The van der Waals surface area contributed by atoms with Gasteiger partial charge in [0.1, 0.15) is 0 Å². The van der Waals surface area contributed by atoms with E-state index in [1.807, 2.05) is 6.26 Å². The number of benzene rings is 1. The minimum atomic E-state index is 0.0834. The zero-order valence-corrected chi connectivity index (χ0v) is 10.3. The number of phenols is 1. The molecule has 0 radical (unpaired) electrons. The molecule has 0 unspecified atom stereocenters. The van der Waals surface area contributed by atoms with Crippen LogP contribution in [-0.4, -0.2) is 28.6 Å². The molecule has 0 saturated heterocycles. The number of nitrogens with zero attached hydrogens (tertiary/aromatic N) is 2. The smallest absolute Gasteiger partial charge is 0.258 e. The van der Waals surface area contributed by atoms with Crippen LogP contribution in [0.3, 0.4) is 0 Å². The first-order valence-corrected chi connectivity index (χ1v) is 6.33. The highest BCUT2D eigenvalue weighted by Gasteiger charge is 2.11. The molecule has 6 heteroatoms. The Morgan fingerprint density at radius 1 is 1.47 bits per heavy atom. The van der Waals surface area contributed by atoms with Crippen LogP contribution in [0.5, 0.6) is 11.5 Å². The summed E-state index contributed by atoms with van der Waals surface area (Å²) in [5.74, 6) is 2.25. The van der Waals surface area contributed by atoms with Crippen molar-refractivity contribution >= 4 is 11.8 Å². The van der Waals surface area contributed by atoms with Crippen molar-refractivity contribution in [1.82, 2.24) is 10.1 Å². The molecular weight excluding hydrogens is 240 g/mol. The average Bonchev–Trinajstić information content (AvgIpc) is 2.79. The van der Waals surface area contributed by atoms with Gasteiger partial charge in [0.2, 0.25) is 0 Å². The molecule has 0 amide bonds. The van der Waals surface area contributed by atoms with E-state index in [0.29, 0.717) is 23.2 Å². The molecule has 1 aromatic heterocycles. The Hall–Kier alpha value is -1.69. The van der Waals surface area contributed by atoms with E-state index in [0.717, 1.165) is 5.56 Å². The van der Waals surface area contributed by atoms with Gasteiger partial charge in [0.05, 0.1) is 12.9 Å². The van der Waals surface area contributed by atoms with Crippen LogP contribution >= 0.6 is 11.8 Å². The fourth-order valence-corrected chi connectivity index (χ4v) is 1.75. The largest absolute Gasteiger partial charge is 0.504 e. The van der Waals surface area contributed by atoms with Crippen LogP contribution in [0.1, 0.15) is 5.82 Å². The van der Waals surface area contributed by atoms with Crippen LogP contribution in [0.15, 0.2) is 22.7 Å². The third-order valence-corrected chi connectivity index (χ3v) is 2.72. The number of ether oxygens (including phenoxy) is 1. The first-order valence-electron chi connectivity index (χ1n) is 4.93. The minimum Gasteiger partial charge on any atom is -0.504 e. The standard InChI is InChI=1S/C11H12N2O3S/c1-15-9-5-7(3-4-8(9)14)11-12-10(6-17-2)13-16-11/h3-5,14H,6H2,1-2H3. The monoisotopic (exact) mass is 252 g/mol. The Labute approximate surface area is 103 Å². The van der Waals surface area contributed by atoms with Crippen LogP contribution in [0, 0.1) is 0 Å². The number of aromatic nitrogens is 2. The predicted octanol–water partition coefficient (Wildman–Crippen LogP) is 2.31. The van der Waals surface area contributed by atoms with Crippen molar-refractivity contribution in [3.63, 3.8) is 0 Å². The van der Waals surface area contributed by atoms with E-state index >= 15 is 0 Å². The maximum Gasteiger partial charge on any atom is 0.258 e. The summed E-state index contributed by atoms with van der Waals surface area (Å²) in [6, 6.07) is 4.90. The summed E-state index contributed by atoms with van der Waals surface area (Å²) in [5, 5.41) is 13.3. The number of thioether (sulfide) groups is 1. The third-order valence-electron chi connectivity index (χ3n) is 2.17. The van der Waals surface area contributed by atoms with Gasteiger partial charge >= 0.3 is 0 Å².